The first-order chi connectivity index (χ1) is 14.2. The fourth-order valence-corrected chi connectivity index (χ4v) is 3.96. The summed E-state index contributed by atoms with van der Waals surface area (Å²) in [6.07, 6.45) is 4.50. The summed E-state index contributed by atoms with van der Waals surface area (Å²) in [6.45, 7) is 3.89. The van der Waals surface area contributed by atoms with Crippen LogP contribution in [0.15, 0.2) is 102 Å². The van der Waals surface area contributed by atoms with Gasteiger partial charge in [0.15, 0.2) is 0 Å². The molecule has 2 aromatic carbocycles. The standard InChI is InChI=1S/C25H23BN2O/c1-3-23-19(2)24(18-22-16-10-11-17-27-22)28(25(23)29)26(20-12-6-4-7-13-20)21-14-8-5-9-15-21/h4-18H,3H2,1-2H3/b24-18-. The topological polar surface area (TPSA) is 33.2 Å². The van der Waals surface area contributed by atoms with Crippen molar-refractivity contribution in [1.82, 2.24) is 9.79 Å². The monoisotopic (exact) mass is 378 g/mol. The third kappa shape index (κ3) is 3.66. The molecular weight excluding hydrogens is 355 g/mol. The van der Waals surface area contributed by atoms with E-state index < -0.39 is 0 Å². The Bertz CT molecular complexity index is 1020. The number of carbonyl (C=O) groups is 1. The molecule has 1 aliphatic heterocycles. The molecule has 2 heterocycles. The number of carbonyl (C=O) groups excluding carboxylic acids is 1. The van der Waals surface area contributed by atoms with Crippen molar-refractivity contribution in [1.29, 1.82) is 0 Å². The molecule has 142 valence electrons. The molecule has 1 amide bonds. The Balaban J connectivity index is 1.90. The van der Waals surface area contributed by atoms with Crippen molar-refractivity contribution < 1.29 is 4.79 Å². The van der Waals surface area contributed by atoms with E-state index in [1.165, 1.54) is 0 Å². The van der Waals surface area contributed by atoms with Gasteiger partial charge in [0, 0.05) is 17.5 Å². The zero-order chi connectivity index (χ0) is 20.2. The minimum Gasteiger partial charge on any atom is -0.344 e. The quantitative estimate of drug-likeness (QED) is 0.633. The highest BCUT2D eigenvalue weighted by Crippen LogP contribution is 2.33. The van der Waals surface area contributed by atoms with Crippen molar-refractivity contribution in [2.75, 3.05) is 0 Å². The fourth-order valence-electron chi connectivity index (χ4n) is 3.96. The van der Waals surface area contributed by atoms with Crippen LogP contribution >= 0.6 is 0 Å². The Morgan fingerprint density at radius 3 is 2.00 bits per heavy atom. The molecule has 3 aromatic rings. The average molecular weight is 378 g/mol. The summed E-state index contributed by atoms with van der Waals surface area (Å²) in [5.74, 6) is 0.0740. The van der Waals surface area contributed by atoms with Gasteiger partial charge in [-0.1, -0.05) is 84.6 Å². The van der Waals surface area contributed by atoms with E-state index in [9.17, 15) is 4.79 Å². The Labute approximate surface area is 172 Å². The van der Waals surface area contributed by atoms with Gasteiger partial charge in [-0.2, -0.15) is 0 Å². The Hall–Kier alpha value is -3.40. The maximum Gasteiger partial charge on any atom is 0.331 e. The molecule has 0 bridgehead atoms. The lowest BCUT2D eigenvalue weighted by Crippen LogP contribution is -2.56. The number of amides is 1. The Morgan fingerprint density at radius 2 is 1.48 bits per heavy atom. The van der Waals surface area contributed by atoms with Crippen LogP contribution < -0.4 is 10.9 Å². The van der Waals surface area contributed by atoms with Crippen LogP contribution in [-0.4, -0.2) is 22.5 Å². The number of hydrogen-bond acceptors (Lipinski definition) is 2. The largest absolute Gasteiger partial charge is 0.344 e. The smallest absolute Gasteiger partial charge is 0.331 e. The van der Waals surface area contributed by atoms with Crippen molar-refractivity contribution in [3.8, 4) is 0 Å². The molecule has 0 fully saturated rings. The van der Waals surface area contributed by atoms with Gasteiger partial charge in [-0.25, -0.2) is 0 Å². The van der Waals surface area contributed by atoms with Crippen molar-refractivity contribution in [2.45, 2.75) is 20.3 Å². The molecule has 4 rings (SSSR count). The summed E-state index contributed by atoms with van der Waals surface area (Å²) in [6, 6.07) is 26.3. The molecule has 0 saturated carbocycles. The normalized spacial score (nSPS) is 15.3. The van der Waals surface area contributed by atoms with E-state index in [1.807, 2.05) is 79.3 Å². The van der Waals surface area contributed by atoms with Crippen LogP contribution in [0.4, 0.5) is 0 Å². The van der Waals surface area contributed by atoms with Gasteiger partial charge < -0.3 is 4.81 Å². The molecule has 0 unspecified atom stereocenters. The molecule has 0 atom stereocenters. The van der Waals surface area contributed by atoms with Crippen LogP contribution in [-0.2, 0) is 4.79 Å². The van der Waals surface area contributed by atoms with Crippen molar-refractivity contribution in [2.24, 2.45) is 0 Å². The van der Waals surface area contributed by atoms with Crippen molar-refractivity contribution in [3.05, 3.63) is 108 Å². The number of nitrogens with zero attached hydrogens (tertiary/aromatic N) is 2. The maximum absolute atomic E-state index is 13.5. The van der Waals surface area contributed by atoms with Crippen LogP contribution in [0.5, 0.6) is 0 Å². The molecule has 29 heavy (non-hydrogen) atoms. The maximum atomic E-state index is 13.5. The summed E-state index contributed by atoms with van der Waals surface area (Å²) in [7, 11) is 0. The van der Waals surface area contributed by atoms with Gasteiger partial charge in [0.05, 0.1) is 5.69 Å². The minimum atomic E-state index is -0.195. The van der Waals surface area contributed by atoms with E-state index in [2.05, 4.69) is 29.2 Å². The number of pyridine rings is 1. The van der Waals surface area contributed by atoms with Crippen molar-refractivity contribution >= 4 is 29.8 Å². The molecule has 0 aliphatic carbocycles. The van der Waals surface area contributed by atoms with Gasteiger partial charge in [0.1, 0.15) is 0 Å². The van der Waals surface area contributed by atoms with E-state index in [1.54, 1.807) is 6.20 Å². The van der Waals surface area contributed by atoms with E-state index >= 15 is 0 Å². The van der Waals surface area contributed by atoms with Gasteiger partial charge in [-0.15, -0.1) is 0 Å². The van der Waals surface area contributed by atoms with Gasteiger partial charge >= 0.3 is 6.85 Å². The highest BCUT2D eigenvalue weighted by atomic mass is 16.2. The molecule has 0 saturated heterocycles. The first-order valence-corrected chi connectivity index (χ1v) is 9.97. The Morgan fingerprint density at radius 1 is 0.897 bits per heavy atom. The third-order valence-corrected chi connectivity index (χ3v) is 5.39. The molecule has 4 heteroatoms. The zero-order valence-electron chi connectivity index (χ0n) is 16.7. The fraction of sp³-hybridized carbons (Fsp3) is 0.120. The highest BCUT2D eigenvalue weighted by molar-refractivity contribution is 6.85. The van der Waals surface area contributed by atoms with Crippen LogP contribution in [0.2, 0.25) is 0 Å². The second-order valence-electron chi connectivity index (χ2n) is 7.14. The number of rotatable bonds is 5. The minimum absolute atomic E-state index is 0.0740. The number of aromatic nitrogens is 1. The first kappa shape index (κ1) is 18.9. The molecule has 0 radical (unpaired) electrons. The predicted molar refractivity (Wildman–Crippen MR) is 120 cm³/mol. The van der Waals surface area contributed by atoms with Crippen LogP contribution in [0, 0.1) is 0 Å². The van der Waals surface area contributed by atoms with E-state index in [-0.39, 0.29) is 12.8 Å². The second-order valence-corrected chi connectivity index (χ2v) is 7.14. The Kier molecular flexibility index (Phi) is 5.43. The van der Waals surface area contributed by atoms with Gasteiger partial charge in [-0.3, -0.25) is 9.78 Å². The van der Waals surface area contributed by atoms with Gasteiger partial charge in [0.25, 0.3) is 0 Å². The molecule has 3 nitrogen and oxygen atoms in total. The summed E-state index contributed by atoms with van der Waals surface area (Å²) < 4.78 is 0. The lowest BCUT2D eigenvalue weighted by atomic mass is 9.49. The van der Waals surface area contributed by atoms with E-state index in [0.29, 0.717) is 6.42 Å². The summed E-state index contributed by atoms with van der Waals surface area (Å²) in [5, 5.41) is 0. The summed E-state index contributed by atoms with van der Waals surface area (Å²) in [5.41, 5.74) is 5.83. The number of hydrogen-bond donors (Lipinski definition) is 0. The van der Waals surface area contributed by atoms with Crippen LogP contribution in [0.3, 0.4) is 0 Å². The SMILES string of the molecule is CCC1=C(C)/C(=C/c2ccccn2)N(B(c2ccccc2)c2ccccc2)C1=O. The molecule has 1 aliphatic rings. The molecule has 0 N–H and O–H groups in total. The number of benzene rings is 2. The first-order valence-electron chi connectivity index (χ1n) is 9.97. The molecule has 1 aromatic heterocycles. The number of allylic oxidation sites excluding steroid dienone is 1. The van der Waals surface area contributed by atoms with Gasteiger partial charge in [-0.05, 0) is 37.1 Å². The summed E-state index contributed by atoms with van der Waals surface area (Å²) >= 11 is 0. The summed E-state index contributed by atoms with van der Waals surface area (Å²) in [4.78, 5) is 19.9. The highest BCUT2D eigenvalue weighted by Gasteiger charge is 2.40. The predicted octanol–water partition coefficient (Wildman–Crippen LogP) is 3.80. The van der Waals surface area contributed by atoms with Crippen LogP contribution in [0.1, 0.15) is 26.0 Å². The lowest BCUT2D eigenvalue weighted by Gasteiger charge is -2.28. The molecule has 0 spiro atoms. The molecular formula is C25H23BN2O. The lowest BCUT2D eigenvalue weighted by molar-refractivity contribution is -0.120. The third-order valence-electron chi connectivity index (χ3n) is 5.39. The average Bonchev–Trinajstić information content (AvgIpc) is 3.00. The van der Waals surface area contributed by atoms with Gasteiger partial charge in [0.2, 0.25) is 5.91 Å². The van der Waals surface area contributed by atoms with Crippen molar-refractivity contribution in [3.63, 3.8) is 0 Å². The second kappa shape index (κ2) is 8.32. The van der Waals surface area contributed by atoms with Crippen LogP contribution in [0.25, 0.3) is 6.08 Å². The van der Waals surface area contributed by atoms with E-state index in [0.717, 1.165) is 33.5 Å². The van der Waals surface area contributed by atoms with E-state index in [4.69, 9.17) is 0 Å². The zero-order valence-corrected chi connectivity index (χ0v) is 16.7.